The van der Waals surface area contributed by atoms with Crippen LogP contribution in [-0.4, -0.2) is 51.1 Å². The Bertz CT molecular complexity index is 887. The van der Waals surface area contributed by atoms with Crippen molar-refractivity contribution in [2.45, 2.75) is 26.6 Å². The Morgan fingerprint density at radius 3 is 2.19 bits per heavy atom. The minimum Gasteiger partial charge on any atom is -0.490 e. The Morgan fingerprint density at radius 1 is 1.03 bits per heavy atom. The predicted octanol–water partition coefficient (Wildman–Crippen LogP) is 3.25. The fourth-order valence-corrected chi connectivity index (χ4v) is 2.74. The molecule has 0 saturated carbocycles. The third kappa shape index (κ3) is 7.44. The van der Waals surface area contributed by atoms with Crippen LogP contribution in [0.3, 0.4) is 0 Å². The van der Waals surface area contributed by atoms with E-state index in [0.717, 1.165) is 11.1 Å². The number of halogens is 2. The molecule has 7 nitrogen and oxygen atoms in total. The number of amides is 1. The zero-order valence-corrected chi connectivity index (χ0v) is 18.1. The van der Waals surface area contributed by atoms with Gasteiger partial charge < -0.3 is 25.0 Å². The lowest BCUT2D eigenvalue weighted by Gasteiger charge is -2.15. The van der Waals surface area contributed by atoms with E-state index in [9.17, 15) is 13.6 Å². The van der Waals surface area contributed by atoms with E-state index in [1.54, 1.807) is 52.3 Å². The van der Waals surface area contributed by atoms with Gasteiger partial charge >= 0.3 is 6.61 Å². The summed E-state index contributed by atoms with van der Waals surface area (Å²) in [5.74, 6) is 0.782. The first-order chi connectivity index (χ1) is 14.8. The molecule has 0 aliphatic rings. The van der Waals surface area contributed by atoms with E-state index in [0.29, 0.717) is 31.2 Å². The summed E-state index contributed by atoms with van der Waals surface area (Å²) in [5, 5.41) is 6.36. The van der Waals surface area contributed by atoms with Crippen LogP contribution in [0.5, 0.6) is 11.5 Å². The highest BCUT2D eigenvalue weighted by Crippen LogP contribution is 2.29. The van der Waals surface area contributed by atoms with E-state index in [1.807, 2.05) is 12.1 Å². The van der Waals surface area contributed by atoms with Crippen molar-refractivity contribution in [3.63, 3.8) is 0 Å². The molecule has 9 heteroatoms. The first-order valence-electron chi connectivity index (χ1n) is 9.79. The Balaban J connectivity index is 1.93. The second kappa shape index (κ2) is 11.7. The zero-order chi connectivity index (χ0) is 22.8. The number of alkyl halides is 2. The molecule has 0 radical (unpaired) electrons. The van der Waals surface area contributed by atoms with E-state index in [1.165, 1.54) is 11.0 Å². The molecule has 0 aromatic heterocycles. The standard InChI is InChI=1S/C22H28F2N4O3/c1-5-30-19-12-16(8-11-18(19)31-21(23)24)14-27-22(25-2)26-13-15-6-9-17(10-7-15)20(29)28(3)4/h6-12,21H,5,13-14H2,1-4H3,(H2,25,26,27). The van der Waals surface area contributed by atoms with Crippen molar-refractivity contribution < 1.29 is 23.0 Å². The Hall–Kier alpha value is -3.36. The fraction of sp³-hybridized carbons (Fsp3) is 0.364. The number of hydrogen-bond acceptors (Lipinski definition) is 4. The van der Waals surface area contributed by atoms with Crippen LogP contribution in [0.2, 0.25) is 0 Å². The summed E-state index contributed by atoms with van der Waals surface area (Å²) >= 11 is 0. The number of rotatable bonds is 9. The summed E-state index contributed by atoms with van der Waals surface area (Å²) in [6, 6.07) is 12.1. The molecule has 1 amide bonds. The maximum absolute atomic E-state index is 12.5. The Labute approximate surface area is 181 Å². The molecule has 0 fully saturated rings. The topological polar surface area (TPSA) is 75.2 Å². The average Bonchev–Trinajstić information content (AvgIpc) is 2.75. The number of benzene rings is 2. The van der Waals surface area contributed by atoms with Crippen LogP contribution in [0.25, 0.3) is 0 Å². The molecule has 0 heterocycles. The molecule has 0 aliphatic heterocycles. The lowest BCUT2D eigenvalue weighted by molar-refractivity contribution is -0.0514. The quantitative estimate of drug-likeness (QED) is 0.468. The van der Waals surface area contributed by atoms with Gasteiger partial charge in [0.25, 0.3) is 5.91 Å². The van der Waals surface area contributed by atoms with Crippen LogP contribution in [-0.2, 0) is 13.1 Å². The molecular weight excluding hydrogens is 406 g/mol. The molecule has 0 atom stereocenters. The number of nitrogens with zero attached hydrogens (tertiary/aromatic N) is 2. The van der Waals surface area contributed by atoms with Crippen molar-refractivity contribution in [2.24, 2.45) is 4.99 Å². The van der Waals surface area contributed by atoms with E-state index in [2.05, 4.69) is 20.4 Å². The van der Waals surface area contributed by atoms with Crippen molar-refractivity contribution in [1.29, 1.82) is 0 Å². The summed E-state index contributed by atoms with van der Waals surface area (Å²) < 4.78 is 34.9. The summed E-state index contributed by atoms with van der Waals surface area (Å²) in [5.41, 5.74) is 2.44. The minimum atomic E-state index is -2.92. The van der Waals surface area contributed by atoms with Crippen LogP contribution >= 0.6 is 0 Å². The van der Waals surface area contributed by atoms with Gasteiger partial charge in [0.05, 0.1) is 6.61 Å². The van der Waals surface area contributed by atoms with E-state index >= 15 is 0 Å². The molecule has 2 aromatic rings. The molecule has 31 heavy (non-hydrogen) atoms. The second-order valence-electron chi connectivity index (χ2n) is 6.77. The number of nitrogens with one attached hydrogen (secondary N) is 2. The average molecular weight is 434 g/mol. The summed E-state index contributed by atoms with van der Waals surface area (Å²) in [6.45, 7) is 0.109. The molecule has 2 N–H and O–H groups in total. The molecule has 2 rings (SSSR count). The maximum Gasteiger partial charge on any atom is 0.387 e. The SMILES string of the molecule is CCOc1cc(CNC(=NC)NCc2ccc(C(=O)N(C)C)cc2)ccc1OC(F)F. The van der Waals surface area contributed by atoms with Gasteiger partial charge in [-0.05, 0) is 42.3 Å². The highest BCUT2D eigenvalue weighted by atomic mass is 19.3. The van der Waals surface area contributed by atoms with Gasteiger partial charge in [0.15, 0.2) is 17.5 Å². The largest absolute Gasteiger partial charge is 0.490 e. The smallest absolute Gasteiger partial charge is 0.387 e. The van der Waals surface area contributed by atoms with Crippen molar-refractivity contribution in [3.8, 4) is 11.5 Å². The zero-order valence-electron chi connectivity index (χ0n) is 18.1. The lowest BCUT2D eigenvalue weighted by Crippen LogP contribution is -2.36. The van der Waals surface area contributed by atoms with Gasteiger partial charge in [-0.2, -0.15) is 8.78 Å². The molecule has 0 unspecified atom stereocenters. The van der Waals surface area contributed by atoms with E-state index in [-0.39, 0.29) is 17.4 Å². The van der Waals surface area contributed by atoms with Crippen molar-refractivity contribution in [2.75, 3.05) is 27.7 Å². The fourth-order valence-electron chi connectivity index (χ4n) is 2.74. The third-order valence-electron chi connectivity index (χ3n) is 4.27. The summed E-state index contributed by atoms with van der Waals surface area (Å²) in [6.07, 6.45) is 0. The number of aliphatic imine (C=N–C) groups is 1. The van der Waals surface area contributed by atoms with Gasteiger partial charge in [0, 0.05) is 39.8 Å². The molecule has 2 aromatic carbocycles. The van der Waals surface area contributed by atoms with Gasteiger partial charge in [-0.1, -0.05) is 18.2 Å². The first kappa shape index (κ1) is 23.9. The van der Waals surface area contributed by atoms with Crippen LogP contribution in [0.1, 0.15) is 28.4 Å². The van der Waals surface area contributed by atoms with Crippen molar-refractivity contribution in [3.05, 3.63) is 59.2 Å². The van der Waals surface area contributed by atoms with Gasteiger partial charge in [0.2, 0.25) is 0 Å². The third-order valence-corrected chi connectivity index (χ3v) is 4.27. The first-order valence-corrected chi connectivity index (χ1v) is 9.79. The molecule has 0 spiro atoms. The number of carbonyl (C=O) groups excluding carboxylic acids is 1. The number of hydrogen-bond donors (Lipinski definition) is 2. The highest BCUT2D eigenvalue weighted by molar-refractivity contribution is 5.93. The molecule has 0 aliphatic carbocycles. The van der Waals surface area contributed by atoms with E-state index in [4.69, 9.17) is 4.74 Å². The molecule has 168 valence electrons. The summed E-state index contributed by atoms with van der Waals surface area (Å²) in [4.78, 5) is 17.7. The molecular formula is C22H28F2N4O3. The lowest BCUT2D eigenvalue weighted by atomic mass is 10.1. The van der Waals surface area contributed by atoms with Gasteiger partial charge in [-0.15, -0.1) is 0 Å². The van der Waals surface area contributed by atoms with Gasteiger partial charge in [0.1, 0.15) is 0 Å². The van der Waals surface area contributed by atoms with Gasteiger partial charge in [-0.3, -0.25) is 9.79 Å². The van der Waals surface area contributed by atoms with Crippen LogP contribution in [0.15, 0.2) is 47.5 Å². The normalized spacial score (nSPS) is 11.3. The number of guanidine groups is 1. The number of ether oxygens (including phenoxy) is 2. The van der Waals surface area contributed by atoms with Crippen LogP contribution in [0, 0.1) is 0 Å². The number of carbonyl (C=O) groups is 1. The van der Waals surface area contributed by atoms with E-state index < -0.39 is 6.61 Å². The Morgan fingerprint density at radius 2 is 1.65 bits per heavy atom. The predicted molar refractivity (Wildman–Crippen MR) is 116 cm³/mol. The van der Waals surface area contributed by atoms with Crippen LogP contribution < -0.4 is 20.1 Å². The van der Waals surface area contributed by atoms with Crippen molar-refractivity contribution >= 4 is 11.9 Å². The van der Waals surface area contributed by atoms with Crippen LogP contribution in [0.4, 0.5) is 8.78 Å². The molecule has 0 bridgehead atoms. The summed E-state index contributed by atoms with van der Waals surface area (Å²) in [7, 11) is 5.08. The van der Waals surface area contributed by atoms with Crippen molar-refractivity contribution in [1.82, 2.24) is 15.5 Å². The second-order valence-corrected chi connectivity index (χ2v) is 6.77. The molecule has 0 saturated heterocycles. The maximum atomic E-state index is 12.5. The Kier molecular flexibility index (Phi) is 9.05. The highest BCUT2D eigenvalue weighted by Gasteiger charge is 2.12. The minimum absolute atomic E-state index is 0.000646. The monoisotopic (exact) mass is 434 g/mol. The van der Waals surface area contributed by atoms with Gasteiger partial charge in [-0.25, -0.2) is 0 Å².